The second-order valence-corrected chi connectivity index (χ2v) is 6.19. The van der Waals surface area contributed by atoms with Gasteiger partial charge >= 0.3 is 5.97 Å². The predicted molar refractivity (Wildman–Crippen MR) is 75.9 cm³/mol. The number of ether oxygens (including phenoxy) is 1. The highest BCUT2D eigenvalue weighted by Gasteiger charge is 2.30. The summed E-state index contributed by atoms with van der Waals surface area (Å²) in [5, 5.41) is 5.09. The zero-order chi connectivity index (χ0) is 16.1. The summed E-state index contributed by atoms with van der Waals surface area (Å²) in [6.45, 7) is 11.8. The van der Waals surface area contributed by atoms with E-state index in [4.69, 9.17) is 4.74 Å². The van der Waals surface area contributed by atoms with E-state index in [0.717, 1.165) is 0 Å². The molecule has 0 aliphatic heterocycles. The first-order valence-corrected chi connectivity index (χ1v) is 6.74. The Hall–Kier alpha value is -1.59. The van der Waals surface area contributed by atoms with Crippen molar-refractivity contribution < 1.29 is 19.1 Å². The summed E-state index contributed by atoms with van der Waals surface area (Å²) in [7, 11) is 0. The standard InChI is InChI=1S/C14H26N2O4/c1-8(2)11(13(19)20-14(5,6)7)16-12(18)9(3)15-10(4)17/h8-9,11H,1-7H3,(H,15,17)(H,16,18)/t9-,11-/m0/s1. The molecule has 2 atom stereocenters. The Labute approximate surface area is 120 Å². The molecular formula is C14H26N2O4. The molecule has 0 radical (unpaired) electrons. The van der Waals surface area contributed by atoms with Crippen molar-refractivity contribution in [2.75, 3.05) is 0 Å². The average Bonchev–Trinajstić information content (AvgIpc) is 2.21. The van der Waals surface area contributed by atoms with E-state index < -0.39 is 29.6 Å². The molecule has 0 rings (SSSR count). The lowest BCUT2D eigenvalue weighted by atomic mass is 10.0. The molecule has 0 aliphatic rings. The quantitative estimate of drug-likeness (QED) is 0.738. The highest BCUT2D eigenvalue weighted by atomic mass is 16.6. The molecule has 0 spiro atoms. The minimum Gasteiger partial charge on any atom is -0.458 e. The average molecular weight is 286 g/mol. The van der Waals surface area contributed by atoms with E-state index in [-0.39, 0.29) is 11.8 Å². The molecule has 0 unspecified atom stereocenters. The first-order chi connectivity index (χ1) is 8.94. The number of hydrogen-bond donors (Lipinski definition) is 2. The summed E-state index contributed by atoms with van der Waals surface area (Å²) >= 11 is 0. The van der Waals surface area contributed by atoms with Crippen molar-refractivity contribution in [3.63, 3.8) is 0 Å². The minimum atomic E-state index is -0.738. The molecule has 2 amide bonds. The van der Waals surface area contributed by atoms with E-state index in [1.54, 1.807) is 27.7 Å². The van der Waals surface area contributed by atoms with Gasteiger partial charge in [-0.2, -0.15) is 0 Å². The van der Waals surface area contributed by atoms with Crippen LogP contribution in [0.5, 0.6) is 0 Å². The van der Waals surface area contributed by atoms with Crippen LogP contribution in [-0.2, 0) is 19.1 Å². The molecule has 0 aromatic rings. The third-order valence-corrected chi connectivity index (χ3v) is 2.44. The Morgan fingerprint density at radius 3 is 1.85 bits per heavy atom. The molecule has 6 heteroatoms. The van der Waals surface area contributed by atoms with Crippen LogP contribution in [0.1, 0.15) is 48.5 Å². The number of carbonyl (C=O) groups is 3. The molecule has 6 nitrogen and oxygen atoms in total. The molecule has 116 valence electrons. The van der Waals surface area contributed by atoms with Gasteiger partial charge in [0, 0.05) is 6.92 Å². The zero-order valence-electron chi connectivity index (χ0n) is 13.4. The molecule has 0 saturated heterocycles. The van der Waals surface area contributed by atoms with Crippen molar-refractivity contribution >= 4 is 17.8 Å². The van der Waals surface area contributed by atoms with E-state index in [1.807, 2.05) is 13.8 Å². The Bertz CT molecular complexity index is 372. The molecule has 2 N–H and O–H groups in total. The summed E-state index contributed by atoms with van der Waals surface area (Å²) in [6, 6.07) is -1.44. The maximum Gasteiger partial charge on any atom is 0.329 e. The fourth-order valence-electron chi connectivity index (χ4n) is 1.51. The molecule has 0 heterocycles. The second-order valence-electron chi connectivity index (χ2n) is 6.19. The van der Waals surface area contributed by atoms with E-state index in [0.29, 0.717) is 0 Å². The van der Waals surface area contributed by atoms with Crippen molar-refractivity contribution in [3.05, 3.63) is 0 Å². The Morgan fingerprint density at radius 2 is 1.50 bits per heavy atom. The van der Waals surface area contributed by atoms with Gasteiger partial charge in [0.15, 0.2) is 0 Å². The summed E-state index contributed by atoms with van der Waals surface area (Å²) in [4.78, 5) is 34.9. The van der Waals surface area contributed by atoms with Gasteiger partial charge in [0.25, 0.3) is 0 Å². The maximum atomic E-state index is 12.1. The lowest BCUT2D eigenvalue weighted by molar-refractivity contribution is -0.160. The smallest absolute Gasteiger partial charge is 0.329 e. The van der Waals surface area contributed by atoms with Gasteiger partial charge in [-0.15, -0.1) is 0 Å². The molecule has 0 bridgehead atoms. The summed E-state index contributed by atoms with van der Waals surface area (Å²) in [5.41, 5.74) is -0.613. The van der Waals surface area contributed by atoms with Crippen LogP contribution in [0.3, 0.4) is 0 Å². The highest BCUT2D eigenvalue weighted by Crippen LogP contribution is 2.12. The fourth-order valence-corrected chi connectivity index (χ4v) is 1.51. The highest BCUT2D eigenvalue weighted by molar-refractivity contribution is 5.90. The molecule has 0 fully saturated rings. The van der Waals surface area contributed by atoms with Crippen molar-refractivity contribution in [1.29, 1.82) is 0 Å². The van der Waals surface area contributed by atoms with Gasteiger partial charge in [0.1, 0.15) is 17.7 Å². The molecule has 20 heavy (non-hydrogen) atoms. The first kappa shape index (κ1) is 18.4. The monoisotopic (exact) mass is 286 g/mol. The Balaban J connectivity index is 4.74. The number of amides is 2. The van der Waals surface area contributed by atoms with Crippen molar-refractivity contribution in [3.8, 4) is 0 Å². The van der Waals surface area contributed by atoms with Gasteiger partial charge in [0.2, 0.25) is 11.8 Å². The van der Waals surface area contributed by atoms with Crippen LogP contribution >= 0.6 is 0 Å². The normalized spacial score (nSPS) is 14.4. The molecule has 0 aromatic heterocycles. The van der Waals surface area contributed by atoms with Crippen LogP contribution in [0, 0.1) is 5.92 Å². The molecule has 0 saturated carbocycles. The summed E-state index contributed by atoms with van der Waals surface area (Å²) < 4.78 is 5.28. The van der Waals surface area contributed by atoms with Crippen LogP contribution in [0.2, 0.25) is 0 Å². The van der Waals surface area contributed by atoms with Crippen LogP contribution in [0.15, 0.2) is 0 Å². The maximum absolute atomic E-state index is 12.1. The van der Waals surface area contributed by atoms with Crippen LogP contribution < -0.4 is 10.6 Å². The second kappa shape index (κ2) is 7.26. The van der Waals surface area contributed by atoms with Crippen LogP contribution in [-0.4, -0.2) is 35.5 Å². The Morgan fingerprint density at radius 1 is 1.00 bits per heavy atom. The topological polar surface area (TPSA) is 84.5 Å². The number of esters is 1. The van der Waals surface area contributed by atoms with Crippen LogP contribution in [0.25, 0.3) is 0 Å². The first-order valence-electron chi connectivity index (χ1n) is 6.74. The minimum absolute atomic E-state index is 0.113. The summed E-state index contributed by atoms with van der Waals surface area (Å²) in [6.07, 6.45) is 0. The van der Waals surface area contributed by atoms with Gasteiger partial charge in [-0.05, 0) is 33.6 Å². The van der Waals surface area contributed by atoms with Gasteiger partial charge < -0.3 is 15.4 Å². The SMILES string of the molecule is CC(=O)N[C@@H](C)C(=O)N[C@H](C(=O)OC(C)(C)C)C(C)C. The van der Waals surface area contributed by atoms with Gasteiger partial charge in [-0.25, -0.2) is 4.79 Å². The van der Waals surface area contributed by atoms with Gasteiger partial charge in [-0.1, -0.05) is 13.8 Å². The third kappa shape index (κ3) is 7.11. The van der Waals surface area contributed by atoms with Crippen molar-refractivity contribution in [1.82, 2.24) is 10.6 Å². The molecule has 0 aliphatic carbocycles. The number of carbonyl (C=O) groups excluding carboxylic acids is 3. The van der Waals surface area contributed by atoms with E-state index in [9.17, 15) is 14.4 Å². The molecular weight excluding hydrogens is 260 g/mol. The van der Waals surface area contributed by atoms with E-state index in [2.05, 4.69) is 10.6 Å². The third-order valence-electron chi connectivity index (χ3n) is 2.44. The van der Waals surface area contributed by atoms with E-state index >= 15 is 0 Å². The van der Waals surface area contributed by atoms with Crippen LogP contribution in [0.4, 0.5) is 0 Å². The lowest BCUT2D eigenvalue weighted by Crippen LogP contribution is -2.53. The molecule has 0 aromatic carbocycles. The number of hydrogen-bond acceptors (Lipinski definition) is 4. The van der Waals surface area contributed by atoms with Crippen molar-refractivity contribution in [2.24, 2.45) is 5.92 Å². The van der Waals surface area contributed by atoms with Gasteiger partial charge in [-0.3, -0.25) is 9.59 Å². The number of rotatable bonds is 5. The van der Waals surface area contributed by atoms with Gasteiger partial charge in [0.05, 0.1) is 0 Å². The summed E-state index contributed by atoms with van der Waals surface area (Å²) in [5.74, 6) is -1.30. The lowest BCUT2D eigenvalue weighted by Gasteiger charge is -2.27. The largest absolute Gasteiger partial charge is 0.458 e. The predicted octanol–water partition coefficient (Wildman–Crippen LogP) is 0.994. The Kier molecular flexibility index (Phi) is 6.68. The number of nitrogens with one attached hydrogen (secondary N) is 2. The van der Waals surface area contributed by atoms with Crippen molar-refractivity contribution in [2.45, 2.75) is 66.2 Å². The zero-order valence-corrected chi connectivity index (χ0v) is 13.4. The fraction of sp³-hybridized carbons (Fsp3) is 0.786. The van der Waals surface area contributed by atoms with E-state index in [1.165, 1.54) is 6.92 Å².